The molecule has 0 atom stereocenters. The van der Waals surface area contributed by atoms with E-state index in [4.69, 9.17) is 20.8 Å². The molecular formula is C16H12ClN3O4S. The number of nitro benzene ring substituents is 1. The van der Waals surface area contributed by atoms with Crippen molar-refractivity contribution in [2.45, 2.75) is 17.6 Å². The Labute approximate surface area is 152 Å². The third-order valence-corrected chi connectivity index (χ3v) is 4.28. The van der Waals surface area contributed by atoms with Gasteiger partial charge in [0.25, 0.3) is 16.8 Å². The zero-order valence-corrected chi connectivity index (χ0v) is 14.4. The fourth-order valence-corrected chi connectivity index (χ4v) is 2.88. The Morgan fingerprint density at radius 2 is 1.92 bits per heavy atom. The molecule has 0 saturated heterocycles. The lowest BCUT2D eigenvalue weighted by Crippen LogP contribution is -1.95. The summed E-state index contributed by atoms with van der Waals surface area (Å²) in [6.45, 7) is 0.126. The third kappa shape index (κ3) is 4.71. The van der Waals surface area contributed by atoms with Gasteiger partial charge < -0.3 is 9.15 Å². The minimum atomic E-state index is -0.408. The average Bonchev–Trinajstić information content (AvgIpc) is 3.07. The van der Waals surface area contributed by atoms with Crippen LogP contribution in [0.3, 0.4) is 0 Å². The molecule has 128 valence electrons. The minimum Gasteiger partial charge on any atom is -0.484 e. The number of thioether (sulfide) groups is 1. The maximum atomic E-state index is 11.0. The van der Waals surface area contributed by atoms with E-state index in [1.54, 1.807) is 42.5 Å². The highest BCUT2D eigenvalue weighted by atomic mass is 35.5. The fourth-order valence-electron chi connectivity index (χ4n) is 1.98. The molecule has 0 amide bonds. The number of hydrogen-bond donors (Lipinski definition) is 0. The number of ether oxygens (including phenoxy) is 1. The topological polar surface area (TPSA) is 91.3 Å². The van der Waals surface area contributed by atoms with Crippen molar-refractivity contribution in [3.05, 3.63) is 75.1 Å². The van der Waals surface area contributed by atoms with Gasteiger partial charge in [-0.3, -0.25) is 10.1 Å². The molecule has 0 saturated carbocycles. The lowest BCUT2D eigenvalue weighted by molar-refractivity contribution is -0.385. The molecule has 0 bridgehead atoms. The summed E-state index contributed by atoms with van der Waals surface area (Å²) >= 11 is 7.04. The van der Waals surface area contributed by atoms with Gasteiger partial charge in [0.1, 0.15) is 5.75 Å². The summed E-state index contributed by atoms with van der Waals surface area (Å²) < 4.78 is 11.0. The van der Waals surface area contributed by atoms with Crippen molar-refractivity contribution in [1.29, 1.82) is 0 Å². The first-order valence-electron chi connectivity index (χ1n) is 7.17. The maximum absolute atomic E-state index is 11.0. The minimum absolute atomic E-state index is 0.0702. The lowest BCUT2D eigenvalue weighted by Gasteiger charge is -2.02. The molecule has 0 aliphatic rings. The molecule has 3 aromatic rings. The van der Waals surface area contributed by atoms with Gasteiger partial charge in [0.05, 0.1) is 4.92 Å². The van der Waals surface area contributed by atoms with Crippen molar-refractivity contribution < 1.29 is 14.1 Å². The van der Waals surface area contributed by atoms with Gasteiger partial charge in [0, 0.05) is 22.4 Å². The molecule has 25 heavy (non-hydrogen) atoms. The van der Waals surface area contributed by atoms with Crippen LogP contribution in [0.4, 0.5) is 5.69 Å². The Bertz CT molecular complexity index is 870. The third-order valence-electron chi connectivity index (χ3n) is 3.16. The Hall–Kier alpha value is -2.58. The van der Waals surface area contributed by atoms with Gasteiger partial charge in [-0.05, 0) is 24.3 Å². The van der Waals surface area contributed by atoms with E-state index < -0.39 is 4.92 Å². The Balaban J connectivity index is 1.57. The summed E-state index contributed by atoms with van der Waals surface area (Å²) in [5.74, 6) is 1.31. The second-order valence-corrected chi connectivity index (χ2v) is 6.24. The Kier molecular flexibility index (Phi) is 5.52. The van der Waals surface area contributed by atoms with Crippen molar-refractivity contribution in [3.63, 3.8) is 0 Å². The molecule has 3 rings (SSSR count). The molecule has 2 aromatic carbocycles. The monoisotopic (exact) mass is 377 g/mol. The number of nitro groups is 1. The number of halogens is 1. The van der Waals surface area contributed by atoms with Crippen molar-refractivity contribution in [1.82, 2.24) is 10.2 Å². The highest BCUT2D eigenvalue weighted by molar-refractivity contribution is 7.98. The van der Waals surface area contributed by atoms with Gasteiger partial charge in [-0.15, -0.1) is 10.2 Å². The van der Waals surface area contributed by atoms with Crippen LogP contribution in [0.25, 0.3) is 0 Å². The molecule has 9 heteroatoms. The van der Waals surface area contributed by atoms with Crippen LogP contribution < -0.4 is 4.74 Å². The predicted molar refractivity (Wildman–Crippen MR) is 92.7 cm³/mol. The fraction of sp³-hybridized carbons (Fsp3) is 0.125. The number of rotatable bonds is 7. The highest BCUT2D eigenvalue weighted by Gasteiger charge is 2.14. The van der Waals surface area contributed by atoms with Gasteiger partial charge in [0.2, 0.25) is 0 Å². The largest absolute Gasteiger partial charge is 0.484 e. The van der Waals surface area contributed by atoms with Gasteiger partial charge in [-0.2, -0.15) is 0 Å². The molecule has 1 aromatic heterocycles. The van der Waals surface area contributed by atoms with E-state index in [0.29, 0.717) is 33.2 Å². The van der Waals surface area contributed by atoms with Crippen LogP contribution >= 0.6 is 23.4 Å². The molecule has 0 N–H and O–H groups in total. The van der Waals surface area contributed by atoms with Gasteiger partial charge in [-0.25, -0.2) is 0 Å². The average molecular weight is 378 g/mol. The van der Waals surface area contributed by atoms with Crippen LogP contribution in [0.1, 0.15) is 11.5 Å². The number of hydrogen-bond acceptors (Lipinski definition) is 7. The smallest absolute Gasteiger partial charge is 0.277 e. The van der Waals surface area contributed by atoms with Crippen LogP contribution in [0.15, 0.2) is 58.2 Å². The first kappa shape index (κ1) is 17.2. The van der Waals surface area contributed by atoms with Gasteiger partial charge >= 0.3 is 0 Å². The standard InChI is InChI=1S/C16H12ClN3O4S/c17-12-5-7-13(8-6-12)23-9-15-18-19-16(24-15)25-10-11-3-1-2-4-14(11)20(21)22/h1-8H,9-10H2. The van der Waals surface area contributed by atoms with Crippen LogP contribution in [-0.4, -0.2) is 15.1 Å². The van der Waals surface area contributed by atoms with Crippen LogP contribution in [-0.2, 0) is 12.4 Å². The molecule has 0 radical (unpaired) electrons. The molecular weight excluding hydrogens is 366 g/mol. The summed E-state index contributed by atoms with van der Waals surface area (Å²) in [6, 6.07) is 13.5. The van der Waals surface area contributed by atoms with Crippen LogP contribution in [0.5, 0.6) is 5.75 Å². The molecule has 1 heterocycles. The first-order valence-corrected chi connectivity index (χ1v) is 8.54. The second kappa shape index (κ2) is 8.00. The number of para-hydroxylation sites is 1. The molecule has 0 aliphatic heterocycles. The van der Waals surface area contributed by atoms with E-state index in [-0.39, 0.29) is 12.3 Å². The zero-order valence-electron chi connectivity index (χ0n) is 12.8. The summed E-state index contributed by atoms with van der Waals surface area (Å²) in [6.07, 6.45) is 0. The van der Waals surface area contributed by atoms with E-state index in [9.17, 15) is 10.1 Å². The van der Waals surface area contributed by atoms with Crippen molar-refractivity contribution in [2.24, 2.45) is 0 Å². The zero-order chi connectivity index (χ0) is 17.6. The Morgan fingerprint density at radius 3 is 2.68 bits per heavy atom. The highest BCUT2D eigenvalue weighted by Crippen LogP contribution is 2.27. The van der Waals surface area contributed by atoms with Crippen molar-refractivity contribution >= 4 is 29.1 Å². The predicted octanol–water partition coefficient (Wildman–Crippen LogP) is 4.50. The molecule has 0 aliphatic carbocycles. The molecule has 0 spiro atoms. The van der Waals surface area contributed by atoms with Gasteiger partial charge in [0.15, 0.2) is 6.61 Å². The second-order valence-electron chi connectivity index (χ2n) is 4.88. The quantitative estimate of drug-likeness (QED) is 0.340. The summed E-state index contributed by atoms with van der Waals surface area (Å²) in [4.78, 5) is 10.6. The van der Waals surface area contributed by atoms with E-state index >= 15 is 0 Å². The number of aromatic nitrogens is 2. The van der Waals surface area contributed by atoms with E-state index in [1.165, 1.54) is 17.8 Å². The Morgan fingerprint density at radius 1 is 1.16 bits per heavy atom. The van der Waals surface area contributed by atoms with Crippen molar-refractivity contribution in [2.75, 3.05) is 0 Å². The van der Waals surface area contributed by atoms with Crippen LogP contribution in [0, 0.1) is 10.1 Å². The lowest BCUT2D eigenvalue weighted by atomic mass is 10.2. The molecule has 7 nitrogen and oxygen atoms in total. The first-order chi connectivity index (χ1) is 12.1. The molecule has 0 fully saturated rings. The summed E-state index contributed by atoms with van der Waals surface area (Å²) in [5, 5.41) is 19.8. The number of benzene rings is 2. The summed E-state index contributed by atoms with van der Waals surface area (Å²) in [7, 11) is 0. The molecule has 0 unspecified atom stereocenters. The number of nitrogens with zero attached hydrogens (tertiary/aromatic N) is 3. The van der Waals surface area contributed by atoms with E-state index in [1.807, 2.05) is 0 Å². The SMILES string of the molecule is O=[N+]([O-])c1ccccc1CSc1nnc(COc2ccc(Cl)cc2)o1. The van der Waals surface area contributed by atoms with Crippen molar-refractivity contribution in [3.8, 4) is 5.75 Å². The summed E-state index contributed by atoms with van der Waals surface area (Å²) in [5.41, 5.74) is 0.662. The maximum Gasteiger partial charge on any atom is 0.277 e. The van der Waals surface area contributed by atoms with Crippen LogP contribution in [0.2, 0.25) is 5.02 Å². The normalized spacial score (nSPS) is 10.6. The van der Waals surface area contributed by atoms with E-state index in [2.05, 4.69) is 10.2 Å². The van der Waals surface area contributed by atoms with E-state index in [0.717, 1.165) is 0 Å². The van der Waals surface area contributed by atoms with Gasteiger partial charge in [-0.1, -0.05) is 41.6 Å².